The molecule has 126 valence electrons. The molecule has 1 unspecified atom stereocenters. The van der Waals surface area contributed by atoms with E-state index in [-0.39, 0.29) is 17.7 Å². The summed E-state index contributed by atoms with van der Waals surface area (Å²) in [5.74, 6) is -2.67. The van der Waals surface area contributed by atoms with Crippen LogP contribution in [0, 0.1) is 5.92 Å². The maximum absolute atomic E-state index is 13.6. The first-order chi connectivity index (χ1) is 10.5. The number of rotatable bonds is 3. The Labute approximate surface area is 132 Å². The standard InChI is InChI=1S/C15H16F3NO3S/c1-9(20)19-8-11-7-10-5-3-4-6-12(10)14(23(2,21)22)13(11)15(16,17)18/h3-7,13-14H,8H2,1-2H3,(H,19,20)/t13-,14?/m1/s1. The van der Waals surface area contributed by atoms with Crippen LogP contribution < -0.4 is 5.32 Å². The average molecular weight is 347 g/mol. The molecule has 0 heterocycles. The minimum atomic E-state index is -4.74. The average Bonchev–Trinajstić information content (AvgIpc) is 2.41. The molecule has 2 rings (SSSR count). The first kappa shape index (κ1) is 17.5. The van der Waals surface area contributed by atoms with Crippen molar-refractivity contribution in [2.45, 2.75) is 18.3 Å². The third-order valence-corrected chi connectivity index (χ3v) is 5.15. The fourth-order valence-corrected chi connectivity index (χ4v) is 4.31. The van der Waals surface area contributed by atoms with E-state index in [2.05, 4.69) is 5.32 Å². The van der Waals surface area contributed by atoms with Crippen molar-refractivity contribution in [3.8, 4) is 0 Å². The fourth-order valence-electron chi connectivity index (χ4n) is 2.81. The van der Waals surface area contributed by atoms with Gasteiger partial charge in [0.1, 0.15) is 5.25 Å². The Bertz CT molecular complexity index is 753. The summed E-state index contributed by atoms with van der Waals surface area (Å²) < 4.78 is 64.9. The van der Waals surface area contributed by atoms with E-state index < -0.39 is 33.1 Å². The highest BCUT2D eigenvalue weighted by Gasteiger charge is 2.52. The molecule has 23 heavy (non-hydrogen) atoms. The third-order valence-electron chi connectivity index (χ3n) is 3.70. The summed E-state index contributed by atoms with van der Waals surface area (Å²) in [7, 11) is -4.02. The normalized spacial score (nSPS) is 21.3. The molecule has 0 saturated carbocycles. The fraction of sp³-hybridized carbons (Fsp3) is 0.400. The highest BCUT2D eigenvalue weighted by Crippen LogP contribution is 2.48. The van der Waals surface area contributed by atoms with Crippen molar-refractivity contribution in [1.82, 2.24) is 5.32 Å². The predicted molar refractivity (Wildman–Crippen MR) is 80.2 cm³/mol. The van der Waals surface area contributed by atoms with Crippen molar-refractivity contribution < 1.29 is 26.4 Å². The molecule has 0 aromatic heterocycles. The van der Waals surface area contributed by atoms with Crippen molar-refractivity contribution in [2.75, 3.05) is 12.8 Å². The van der Waals surface area contributed by atoms with Crippen LogP contribution in [0.2, 0.25) is 0 Å². The lowest BCUT2D eigenvalue weighted by atomic mass is 9.82. The first-order valence-corrected chi connectivity index (χ1v) is 8.76. The van der Waals surface area contributed by atoms with E-state index in [4.69, 9.17) is 0 Å². The van der Waals surface area contributed by atoms with Crippen molar-refractivity contribution in [3.63, 3.8) is 0 Å². The van der Waals surface area contributed by atoms with Crippen molar-refractivity contribution in [3.05, 3.63) is 41.0 Å². The van der Waals surface area contributed by atoms with E-state index in [1.54, 1.807) is 12.1 Å². The number of hydrogen-bond donors (Lipinski definition) is 1. The van der Waals surface area contributed by atoms with E-state index in [0.29, 0.717) is 5.56 Å². The summed E-state index contributed by atoms with van der Waals surface area (Å²) in [6, 6.07) is 6.09. The largest absolute Gasteiger partial charge is 0.397 e. The molecule has 1 aliphatic carbocycles. The zero-order valence-corrected chi connectivity index (χ0v) is 13.3. The molecule has 0 bridgehead atoms. The Morgan fingerprint density at radius 1 is 1.26 bits per heavy atom. The van der Waals surface area contributed by atoms with Crippen LogP contribution in [0.15, 0.2) is 29.8 Å². The lowest BCUT2D eigenvalue weighted by Crippen LogP contribution is -2.40. The number of alkyl halides is 3. The summed E-state index contributed by atoms with van der Waals surface area (Å²) in [4.78, 5) is 11.0. The number of halogens is 3. The van der Waals surface area contributed by atoms with Gasteiger partial charge in [0.25, 0.3) is 0 Å². The Morgan fingerprint density at radius 2 is 1.87 bits per heavy atom. The Hall–Kier alpha value is -1.83. The van der Waals surface area contributed by atoms with Gasteiger partial charge in [0.05, 0.1) is 5.92 Å². The second kappa shape index (κ2) is 5.99. The Balaban J connectivity index is 2.64. The van der Waals surface area contributed by atoms with E-state index >= 15 is 0 Å². The smallest absolute Gasteiger partial charge is 0.353 e. The molecular formula is C15H16F3NO3S. The summed E-state index contributed by atoms with van der Waals surface area (Å²) in [6.45, 7) is 0.841. The van der Waals surface area contributed by atoms with Gasteiger partial charge in [-0.15, -0.1) is 0 Å². The quantitative estimate of drug-likeness (QED) is 0.914. The second-order valence-electron chi connectivity index (χ2n) is 5.53. The van der Waals surface area contributed by atoms with Gasteiger partial charge in [-0.2, -0.15) is 13.2 Å². The maximum atomic E-state index is 13.6. The zero-order chi connectivity index (χ0) is 17.4. The van der Waals surface area contributed by atoms with Crippen LogP contribution in [0.25, 0.3) is 6.08 Å². The van der Waals surface area contributed by atoms with Gasteiger partial charge in [-0.05, 0) is 16.7 Å². The predicted octanol–water partition coefficient (Wildman–Crippen LogP) is 2.48. The number of fused-ring (bicyclic) bond motifs is 1. The highest BCUT2D eigenvalue weighted by molar-refractivity contribution is 7.91. The van der Waals surface area contributed by atoms with Crippen LogP contribution in [0.4, 0.5) is 13.2 Å². The number of sulfone groups is 1. The zero-order valence-electron chi connectivity index (χ0n) is 12.5. The van der Waals surface area contributed by atoms with Crippen LogP contribution in [-0.2, 0) is 14.6 Å². The maximum Gasteiger partial charge on any atom is 0.397 e. The van der Waals surface area contributed by atoms with Crippen molar-refractivity contribution in [1.29, 1.82) is 0 Å². The van der Waals surface area contributed by atoms with Gasteiger partial charge in [0.2, 0.25) is 5.91 Å². The first-order valence-electron chi connectivity index (χ1n) is 6.81. The van der Waals surface area contributed by atoms with Gasteiger partial charge in [0.15, 0.2) is 9.84 Å². The molecule has 0 fully saturated rings. The monoisotopic (exact) mass is 347 g/mol. The molecule has 4 nitrogen and oxygen atoms in total. The van der Waals surface area contributed by atoms with Gasteiger partial charge in [-0.3, -0.25) is 4.79 Å². The molecule has 1 amide bonds. The highest BCUT2D eigenvalue weighted by atomic mass is 32.2. The van der Waals surface area contributed by atoms with Crippen LogP contribution in [0.1, 0.15) is 23.3 Å². The molecule has 1 aromatic rings. The molecule has 1 aliphatic rings. The molecule has 1 aromatic carbocycles. The minimum absolute atomic E-state index is 0.129. The van der Waals surface area contributed by atoms with E-state index in [9.17, 15) is 26.4 Å². The van der Waals surface area contributed by atoms with Crippen LogP contribution in [0.5, 0.6) is 0 Å². The van der Waals surface area contributed by atoms with E-state index in [0.717, 1.165) is 6.26 Å². The third kappa shape index (κ3) is 3.74. The number of carbonyl (C=O) groups excluding carboxylic acids is 1. The number of carbonyl (C=O) groups is 1. The SMILES string of the molecule is CC(=O)NCC1=Cc2ccccc2C(S(C)(=O)=O)[C@@H]1C(F)(F)F. The van der Waals surface area contributed by atoms with Crippen molar-refractivity contribution in [2.24, 2.45) is 5.92 Å². The Morgan fingerprint density at radius 3 is 2.39 bits per heavy atom. The molecule has 2 atom stereocenters. The topological polar surface area (TPSA) is 63.2 Å². The minimum Gasteiger partial charge on any atom is -0.353 e. The number of nitrogens with one attached hydrogen (secondary N) is 1. The van der Waals surface area contributed by atoms with E-state index in [1.165, 1.54) is 25.1 Å². The summed E-state index contributed by atoms with van der Waals surface area (Å²) in [5, 5.41) is 0.603. The molecule has 0 radical (unpaired) electrons. The summed E-state index contributed by atoms with van der Waals surface area (Å²) >= 11 is 0. The molecule has 0 saturated heterocycles. The lowest BCUT2D eigenvalue weighted by Gasteiger charge is -2.34. The van der Waals surface area contributed by atoms with Gasteiger partial charge in [0, 0.05) is 19.7 Å². The van der Waals surface area contributed by atoms with Crippen LogP contribution >= 0.6 is 0 Å². The molecule has 0 aliphatic heterocycles. The van der Waals surface area contributed by atoms with Gasteiger partial charge < -0.3 is 5.32 Å². The molecule has 8 heteroatoms. The lowest BCUT2D eigenvalue weighted by molar-refractivity contribution is -0.165. The second-order valence-corrected chi connectivity index (χ2v) is 7.69. The van der Waals surface area contributed by atoms with Gasteiger partial charge in [-0.1, -0.05) is 30.3 Å². The van der Waals surface area contributed by atoms with E-state index in [1.807, 2.05) is 0 Å². The molecule has 1 N–H and O–H groups in total. The van der Waals surface area contributed by atoms with Gasteiger partial charge >= 0.3 is 6.18 Å². The summed E-state index contributed by atoms with van der Waals surface area (Å²) in [5.41, 5.74) is 0.384. The van der Waals surface area contributed by atoms with Crippen molar-refractivity contribution >= 4 is 21.8 Å². The van der Waals surface area contributed by atoms with Gasteiger partial charge in [-0.25, -0.2) is 8.42 Å². The molecular weight excluding hydrogens is 331 g/mol. The Kier molecular flexibility index (Phi) is 4.57. The van der Waals surface area contributed by atoms with Crippen LogP contribution in [0.3, 0.4) is 0 Å². The number of hydrogen-bond acceptors (Lipinski definition) is 3. The summed E-state index contributed by atoms with van der Waals surface area (Å²) in [6.07, 6.45) is -2.63. The number of benzene rings is 1. The number of amides is 1. The van der Waals surface area contributed by atoms with Crippen LogP contribution in [-0.4, -0.2) is 33.3 Å². The molecule has 0 spiro atoms.